The smallest absolute Gasteiger partial charge is 0.166 e. The Hall–Kier alpha value is -2.54. The van der Waals surface area contributed by atoms with E-state index in [1.54, 1.807) is 18.2 Å². The number of nitriles is 1. The van der Waals surface area contributed by atoms with Gasteiger partial charge in [0.25, 0.3) is 0 Å². The molecule has 112 valence electrons. The molecule has 22 heavy (non-hydrogen) atoms. The molecule has 0 aliphatic heterocycles. The Balaban J connectivity index is 2.36. The Bertz CT molecular complexity index is 740. The number of halogens is 3. The summed E-state index contributed by atoms with van der Waals surface area (Å²) >= 11 is 0. The van der Waals surface area contributed by atoms with E-state index in [1.165, 1.54) is 18.2 Å². The van der Waals surface area contributed by atoms with E-state index in [-0.39, 0.29) is 16.7 Å². The van der Waals surface area contributed by atoms with Gasteiger partial charge in [0, 0.05) is 11.1 Å². The number of hydrogen-bond acceptors (Lipinski definition) is 1. The van der Waals surface area contributed by atoms with Crippen LogP contribution in [0.5, 0.6) is 0 Å². The van der Waals surface area contributed by atoms with Crippen LogP contribution in [0.1, 0.15) is 35.6 Å². The zero-order valence-corrected chi connectivity index (χ0v) is 12.0. The molecular formula is C18H14F3N. The molecule has 0 aliphatic carbocycles. The molecule has 2 aromatic carbocycles. The minimum Gasteiger partial charge on any atom is -0.206 e. The van der Waals surface area contributed by atoms with Gasteiger partial charge in [0.2, 0.25) is 0 Å². The largest absolute Gasteiger partial charge is 0.206 e. The average Bonchev–Trinajstić information content (AvgIpc) is 2.54. The number of nitrogens with zero attached hydrogens (tertiary/aromatic N) is 1. The van der Waals surface area contributed by atoms with Gasteiger partial charge in [-0.1, -0.05) is 43.7 Å². The van der Waals surface area contributed by atoms with E-state index in [0.29, 0.717) is 0 Å². The Morgan fingerprint density at radius 3 is 2.14 bits per heavy atom. The second kappa shape index (κ2) is 6.95. The van der Waals surface area contributed by atoms with Crippen LogP contribution in [0.2, 0.25) is 0 Å². The normalized spacial score (nSPS) is 11.8. The van der Waals surface area contributed by atoms with Gasteiger partial charge in [-0.3, -0.25) is 0 Å². The topological polar surface area (TPSA) is 23.8 Å². The molecule has 0 aliphatic rings. The standard InChI is InChI=1S/C18H14F3N/c1-2-3-12-4-6-13(7-5-12)17(20)18(21)14-8-9-15(11-22)16(19)10-14/h4-10H,2-3H2,1H3. The van der Waals surface area contributed by atoms with E-state index in [9.17, 15) is 13.2 Å². The molecule has 0 amide bonds. The van der Waals surface area contributed by atoms with Crippen LogP contribution in [-0.4, -0.2) is 0 Å². The SMILES string of the molecule is CCCc1ccc(C(F)=C(F)c2ccc(C#N)c(F)c2)cc1. The number of benzene rings is 2. The Morgan fingerprint density at radius 1 is 1.00 bits per heavy atom. The van der Waals surface area contributed by atoms with Crippen LogP contribution in [0.15, 0.2) is 42.5 Å². The molecule has 1 nitrogen and oxygen atoms in total. The van der Waals surface area contributed by atoms with Gasteiger partial charge < -0.3 is 0 Å². The molecule has 0 radical (unpaired) electrons. The monoisotopic (exact) mass is 301 g/mol. The van der Waals surface area contributed by atoms with Gasteiger partial charge in [-0.2, -0.15) is 5.26 Å². The van der Waals surface area contributed by atoms with E-state index in [2.05, 4.69) is 0 Å². The van der Waals surface area contributed by atoms with Crippen molar-refractivity contribution in [3.8, 4) is 6.07 Å². The highest BCUT2D eigenvalue weighted by Gasteiger charge is 2.13. The van der Waals surface area contributed by atoms with Crippen LogP contribution in [0.25, 0.3) is 11.7 Å². The molecule has 0 fully saturated rings. The fourth-order valence-corrected chi connectivity index (χ4v) is 2.10. The zero-order chi connectivity index (χ0) is 16.1. The summed E-state index contributed by atoms with van der Waals surface area (Å²) in [5.74, 6) is -3.07. The van der Waals surface area contributed by atoms with Crippen LogP contribution < -0.4 is 0 Å². The van der Waals surface area contributed by atoms with Gasteiger partial charge in [-0.05, 0) is 24.1 Å². The quantitative estimate of drug-likeness (QED) is 0.692. The molecule has 0 N–H and O–H groups in total. The summed E-state index contributed by atoms with van der Waals surface area (Å²) < 4.78 is 41.8. The third kappa shape index (κ3) is 3.37. The molecule has 0 aromatic heterocycles. The predicted molar refractivity (Wildman–Crippen MR) is 80.6 cm³/mol. The van der Waals surface area contributed by atoms with Crippen molar-refractivity contribution in [2.75, 3.05) is 0 Å². The number of aryl methyl sites for hydroxylation is 1. The van der Waals surface area contributed by atoms with Crippen molar-refractivity contribution in [2.24, 2.45) is 0 Å². The summed E-state index contributed by atoms with van der Waals surface area (Å²) in [6.07, 6.45) is 1.84. The lowest BCUT2D eigenvalue weighted by Gasteiger charge is -2.04. The summed E-state index contributed by atoms with van der Waals surface area (Å²) in [5, 5.41) is 8.63. The second-order valence-corrected chi connectivity index (χ2v) is 4.88. The van der Waals surface area contributed by atoms with Crippen molar-refractivity contribution in [2.45, 2.75) is 19.8 Å². The number of hydrogen-bond donors (Lipinski definition) is 0. The first kappa shape index (κ1) is 15.8. The van der Waals surface area contributed by atoms with E-state index in [0.717, 1.165) is 30.5 Å². The first-order chi connectivity index (χ1) is 10.6. The van der Waals surface area contributed by atoms with Crippen molar-refractivity contribution in [1.82, 2.24) is 0 Å². The fourth-order valence-electron chi connectivity index (χ4n) is 2.10. The van der Waals surface area contributed by atoms with E-state index in [4.69, 9.17) is 5.26 Å². The van der Waals surface area contributed by atoms with Crippen molar-refractivity contribution in [3.05, 3.63) is 70.5 Å². The van der Waals surface area contributed by atoms with Crippen molar-refractivity contribution >= 4 is 11.7 Å². The fraction of sp³-hybridized carbons (Fsp3) is 0.167. The van der Waals surface area contributed by atoms with E-state index in [1.807, 2.05) is 6.92 Å². The van der Waals surface area contributed by atoms with Gasteiger partial charge >= 0.3 is 0 Å². The maximum atomic E-state index is 14.2. The van der Waals surface area contributed by atoms with Crippen molar-refractivity contribution < 1.29 is 13.2 Å². The summed E-state index contributed by atoms with van der Waals surface area (Å²) in [4.78, 5) is 0. The molecule has 0 saturated heterocycles. The summed E-state index contributed by atoms with van der Waals surface area (Å²) in [6.45, 7) is 2.04. The molecule has 4 heteroatoms. The highest BCUT2D eigenvalue weighted by Crippen LogP contribution is 2.29. The Morgan fingerprint density at radius 2 is 1.59 bits per heavy atom. The Kier molecular flexibility index (Phi) is 5.00. The van der Waals surface area contributed by atoms with Gasteiger partial charge in [-0.15, -0.1) is 0 Å². The first-order valence-electron chi connectivity index (χ1n) is 6.91. The molecule has 2 aromatic rings. The van der Waals surface area contributed by atoms with Crippen LogP contribution in [0.4, 0.5) is 13.2 Å². The zero-order valence-electron chi connectivity index (χ0n) is 12.0. The van der Waals surface area contributed by atoms with Gasteiger partial charge in [0.05, 0.1) is 5.56 Å². The molecule has 0 bridgehead atoms. The van der Waals surface area contributed by atoms with Crippen LogP contribution in [0, 0.1) is 17.1 Å². The molecule has 0 unspecified atom stereocenters. The summed E-state index contributed by atoms with van der Waals surface area (Å²) in [5.41, 5.74) is 0.707. The van der Waals surface area contributed by atoms with Crippen molar-refractivity contribution in [3.63, 3.8) is 0 Å². The van der Waals surface area contributed by atoms with Crippen LogP contribution >= 0.6 is 0 Å². The molecule has 2 rings (SSSR count). The molecule has 0 saturated carbocycles. The highest BCUT2D eigenvalue weighted by molar-refractivity contribution is 5.83. The minimum atomic E-state index is -1.15. The van der Waals surface area contributed by atoms with Crippen LogP contribution in [-0.2, 0) is 6.42 Å². The molecule has 0 heterocycles. The average molecular weight is 301 g/mol. The lowest BCUT2D eigenvalue weighted by Crippen LogP contribution is -1.90. The van der Waals surface area contributed by atoms with Crippen LogP contribution in [0.3, 0.4) is 0 Å². The van der Waals surface area contributed by atoms with Gasteiger partial charge in [0.1, 0.15) is 11.9 Å². The summed E-state index contributed by atoms with van der Waals surface area (Å²) in [6, 6.07) is 11.2. The predicted octanol–water partition coefficient (Wildman–Crippen LogP) is 5.41. The second-order valence-electron chi connectivity index (χ2n) is 4.88. The highest BCUT2D eigenvalue weighted by atomic mass is 19.2. The number of rotatable bonds is 4. The third-order valence-electron chi connectivity index (χ3n) is 3.28. The maximum absolute atomic E-state index is 14.2. The van der Waals surface area contributed by atoms with E-state index < -0.39 is 17.5 Å². The van der Waals surface area contributed by atoms with Gasteiger partial charge in [-0.25, -0.2) is 13.2 Å². The first-order valence-corrected chi connectivity index (χ1v) is 6.91. The van der Waals surface area contributed by atoms with E-state index >= 15 is 0 Å². The Labute approximate surface area is 127 Å². The molecular weight excluding hydrogens is 287 g/mol. The maximum Gasteiger partial charge on any atom is 0.166 e. The molecule has 0 spiro atoms. The van der Waals surface area contributed by atoms with Gasteiger partial charge in [0.15, 0.2) is 11.7 Å². The molecule has 0 atom stereocenters. The minimum absolute atomic E-state index is 0.0992. The lowest BCUT2D eigenvalue weighted by molar-refractivity contribution is 0.621. The van der Waals surface area contributed by atoms with Crippen molar-refractivity contribution in [1.29, 1.82) is 5.26 Å². The summed E-state index contributed by atoms with van der Waals surface area (Å²) in [7, 11) is 0. The third-order valence-corrected chi connectivity index (χ3v) is 3.28. The lowest BCUT2D eigenvalue weighted by atomic mass is 10.0.